The van der Waals surface area contributed by atoms with Crippen LogP contribution in [0, 0.1) is 6.92 Å². The molecule has 0 spiro atoms. The maximum Gasteiger partial charge on any atom is 0.231 e. The number of aryl methyl sites for hydroxylation is 2. The molecule has 0 saturated heterocycles. The summed E-state index contributed by atoms with van der Waals surface area (Å²) in [7, 11) is 0. The van der Waals surface area contributed by atoms with E-state index in [1.54, 1.807) is 0 Å². The lowest BCUT2D eigenvalue weighted by Gasteiger charge is -2.24. The molecule has 2 atom stereocenters. The van der Waals surface area contributed by atoms with Gasteiger partial charge in [-0.2, -0.15) is 0 Å². The Bertz CT molecular complexity index is 392. The quantitative estimate of drug-likeness (QED) is 0.751. The number of fused-ring (bicyclic) bond motifs is 1. The summed E-state index contributed by atoms with van der Waals surface area (Å²) in [5.41, 5.74) is 3.97. The Morgan fingerprint density at radius 3 is 3.00 bits per heavy atom. The predicted octanol–water partition coefficient (Wildman–Crippen LogP) is 1.58. The second kappa shape index (κ2) is 4.43. The van der Waals surface area contributed by atoms with E-state index in [4.69, 9.17) is 4.55 Å². The monoisotopic (exact) mass is 225 g/mol. The van der Waals surface area contributed by atoms with Crippen molar-refractivity contribution in [2.45, 2.75) is 32.2 Å². The molecule has 0 radical (unpaired) electrons. The van der Waals surface area contributed by atoms with Crippen LogP contribution in [0.3, 0.4) is 0 Å². The van der Waals surface area contributed by atoms with Gasteiger partial charge in [0.05, 0.1) is 0 Å². The van der Waals surface area contributed by atoms with Crippen LogP contribution in [0.1, 0.15) is 23.1 Å². The van der Waals surface area contributed by atoms with E-state index in [1.165, 1.54) is 16.7 Å². The fraction of sp³-hybridized carbons (Fsp3) is 0.455. The third-order valence-corrected chi connectivity index (χ3v) is 3.39. The predicted molar refractivity (Wildman–Crippen MR) is 60.9 cm³/mol. The van der Waals surface area contributed by atoms with Crippen molar-refractivity contribution < 1.29 is 8.76 Å². The molecule has 2 N–H and O–H groups in total. The van der Waals surface area contributed by atoms with E-state index in [1.807, 2.05) is 0 Å². The molecule has 4 heteroatoms. The first kappa shape index (κ1) is 10.8. The molecule has 0 aromatic heterocycles. The summed E-state index contributed by atoms with van der Waals surface area (Å²) in [6.45, 7) is 2.09. The van der Waals surface area contributed by atoms with Crippen LogP contribution in [0.25, 0.3) is 0 Å². The molecule has 1 aromatic carbocycles. The molecule has 0 heterocycles. The van der Waals surface area contributed by atoms with E-state index < -0.39 is 11.3 Å². The topological polar surface area (TPSA) is 49.3 Å². The van der Waals surface area contributed by atoms with E-state index in [0.29, 0.717) is 0 Å². The Labute approximate surface area is 92.3 Å². The van der Waals surface area contributed by atoms with E-state index in [9.17, 15) is 4.21 Å². The zero-order valence-corrected chi connectivity index (χ0v) is 9.51. The van der Waals surface area contributed by atoms with Crippen molar-refractivity contribution in [3.63, 3.8) is 0 Å². The zero-order chi connectivity index (χ0) is 10.8. The maximum atomic E-state index is 10.6. The molecule has 2 rings (SSSR count). The van der Waals surface area contributed by atoms with Gasteiger partial charge in [0.1, 0.15) is 0 Å². The molecule has 2 unspecified atom stereocenters. The summed E-state index contributed by atoms with van der Waals surface area (Å²) in [5, 5.41) is 0. The lowest BCUT2D eigenvalue weighted by Crippen LogP contribution is -2.35. The zero-order valence-electron chi connectivity index (χ0n) is 8.69. The Morgan fingerprint density at radius 1 is 1.47 bits per heavy atom. The van der Waals surface area contributed by atoms with Crippen molar-refractivity contribution in [1.82, 2.24) is 4.72 Å². The molecule has 0 fully saturated rings. The van der Waals surface area contributed by atoms with Gasteiger partial charge in [0.25, 0.3) is 0 Å². The van der Waals surface area contributed by atoms with Gasteiger partial charge in [-0.1, -0.05) is 23.8 Å². The molecule has 0 amide bonds. The van der Waals surface area contributed by atoms with E-state index in [0.717, 1.165) is 19.3 Å². The van der Waals surface area contributed by atoms with Crippen LogP contribution in [-0.4, -0.2) is 14.8 Å². The smallest absolute Gasteiger partial charge is 0.231 e. The first-order chi connectivity index (χ1) is 7.15. The van der Waals surface area contributed by atoms with Crippen LogP contribution in [0.5, 0.6) is 0 Å². The van der Waals surface area contributed by atoms with Gasteiger partial charge in [0.15, 0.2) is 0 Å². The van der Waals surface area contributed by atoms with Crippen molar-refractivity contribution in [3.05, 3.63) is 34.9 Å². The minimum absolute atomic E-state index is 0.131. The lowest BCUT2D eigenvalue weighted by molar-refractivity contribution is 0.491. The van der Waals surface area contributed by atoms with E-state index in [-0.39, 0.29) is 6.04 Å². The standard InChI is InChI=1S/C11H15NO2S/c1-8-2-3-10-7-11(12-15(13)14)5-4-9(10)6-8/h2-3,6,11-12H,4-5,7H2,1H3,(H,13,14). The molecule has 1 aliphatic carbocycles. The molecule has 1 aliphatic rings. The van der Waals surface area contributed by atoms with Gasteiger partial charge in [-0.05, 0) is 37.3 Å². The van der Waals surface area contributed by atoms with Gasteiger partial charge in [0, 0.05) is 6.04 Å². The van der Waals surface area contributed by atoms with E-state index in [2.05, 4.69) is 29.8 Å². The van der Waals surface area contributed by atoms with Gasteiger partial charge in [0.2, 0.25) is 11.3 Å². The number of hydrogen-bond acceptors (Lipinski definition) is 1. The molecule has 0 bridgehead atoms. The van der Waals surface area contributed by atoms with Crippen molar-refractivity contribution in [1.29, 1.82) is 0 Å². The summed E-state index contributed by atoms with van der Waals surface area (Å²) in [4.78, 5) is 0. The third kappa shape index (κ3) is 2.65. The highest BCUT2D eigenvalue weighted by Gasteiger charge is 2.19. The van der Waals surface area contributed by atoms with Gasteiger partial charge < -0.3 is 0 Å². The molecule has 3 nitrogen and oxygen atoms in total. The first-order valence-electron chi connectivity index (χ1n) is 5.10. The van der Waals surface area contributed by atoms with Crippen molar-refractivity contribution in [2.75, 3.05) is 0 Å². The van der Waals surface area contributed by atoms with Crippen LogP contribution in [0.2, 0.25) is 0 Å². The summed E-state index contributed by atoms with van der Waals surface area (Å²) >= 11 is -1.89. The fourth-order valence-electron chi connectivity index (χ4n) is 2.13. The molecule has 15 heavy (non-hydrogen) atoms. The molecular formula is C11H15NO2S. The number of rotatable bonds is 2. The summed E-state index contributed by atoms with van der Waals surface area (Å²) in [6.07, 6.45) is 2.77. The average molecular weight is 225 g/mol. The lowest BCUT2D eigenvalue weighted by atomic mass is 9.88. The van der Waals surface area contributed by atoms with Crippen molar-refractivity contribution >= 4 is 11.3 Å². The normalized spacial score (nSPS) is 22.1. The summed E-state index contributed by atoms with van der Waals surface area (Å²) < 4.78 is 22.1. The van der Waals surface area contributed by atoms with Gasteiger partial charge in [-0.25, -0.2) is 8.93 Å². The largest absolute Gasteiger partial charge is 0.294 e. The minimum Gasteiger partial charge on any atom is -0.294 e. The molecule has 1 aromatic rings. The van der Waals surface area contributed by atoms with Crippen LogP contribution < -0.4 is 4.72 Å². The minimum atomic E-state index is -1.89. The highest BCUT2D eigenvalue weighted by atomic mass is 32.2. The second-order valence-electron chi connectivity index (χ2n) is 4.08. The summed E-state index contributed by atoms with van der Waals surface area (Å²) in [6, 6.07) is 6.56. The summed E-state index contributed by atoms with van der Waals surface area (Å²) in [5.74, 6) is 0. The fourth-order valence-corrected chi connectivity index (χ4v) is 2.61. The van der Waals surface area contributed by atoms with E-state index >= 15 is 0 Å². The van der Waals surface area contributed by atoms with Gasteiger partial charge in [-0.3, -0.25) is 4.55 Å². The van der Waals surface area contributed by atoms with Crippen molar-refractivity contribution in [2.24, 2.45) is 0 Å². The molecule has 0 aliphatic heterocycles. The Hall–Kier alpha value is -0.710. The molecule has 0 saturated carbocycles. The Morgan fingerprint density at radius 2 is 2.27 bits per heavy atom. The average Bonchev–Trinajstić information content (AvgIpc) is 2.17. The van der Waals surface area contributed by atoms with Gasteiger partial charge in [-0.15, -0.1) is 0 Å². The SMILES string of the molecule is Cc1ccc2c(c1)CCC(NS(=O)O)C2. The number of benzene rings is 1. The Kier molecular flexibility index (Phi) is 3.19. The second-order valence-corrected chi connectivity index (χ2v) is 4.81. The number of nitrogens with one attached hydrogen (secondary N) is 1. The van der Waals surface area contributed by atoms with Crippen LogP contribution >= 0.6 is 0 Å². The van der Waals surface area contributed by atoms with Crippen LogP contribution in [0.15, 0.2) is 18.2 Å². The van der Waals surface area contributed by atoms with Crippen molar-refractivity contribution in [3.8, 4) is 0 Å². The molecule has 82 valence electrons. The first-order valence-corrected chi connectivity index (χ1v) is 6.21. The highest BCUT2D eigenvalue weighted by Crippen LogP contribution is 2.22. The number of hydrogen-bond donors (Lipinski definition) is 2. The Balaban J connectivity index is 2.13. The van der Waals surface area contributed by atoms with Crippen LogP contribution in [0.4, 0.5) is 0 Å². The third-order valence-electron chi connectivity index (χ3n) is 2.86. The maximum absolute atomic E-state index is 10.6. The highest BCUT2D eigenvalue weighted by molar-refractivity contribution is 7.77. The molecular weight excluding hydrogens is 210 g/mol. The van der Waals surface area contributed by atoms with Gasteiger partial charge >= 0.3 is 0 Å². The van der Waals surface area contributed by atoms with Crippen LogP contribution in [-0.2, 0) is 24.1 Å².